The Morgan fingerprint density at radius 2 is 1.67 bits per heavy atom. The van der Waals surface area contributed by atoms with Crippen LogP contribution in [0.2, 0.25) is 5.02 Å². The first-order valence-corrected chi connectivity index (χ1v) is 10.0. The van der Waals surface area contributed by atoms with Crippen LogP contribution in [0.15, 0.2) is 53.6 Å². The van der Waals surface area contributed by atoms with Crippen molar-refractivity contribution in [3.05, 3.63) is 64.7 Å². The molecule has 0 bridgehead atoms. The Hall–Kier alpha value is -3.23. The first-order valence-electron chi connectivity index (χ1n) is 9.63. The van der Waals surface area contributed by atoms with Crippen molar-refractivity contribution in [2.24, 2.45) is 5.10 Å². The minimum Gasteiger partial charge on any atom is -0.378 e. The van der Waals surface area contributed by atoms with E-state index >= 15 is 0 Å². The van der Waals surface area contributed by atoms with E-state index in [2.05, 4.69) is 35.7 Å². The lowest BCUT2D eigenvalue weighted by Gasteiger charge is -2.27. The van der Waals surface area contributed by atoms with Crippen molar-refractivity contribution in [3.8, 4) is 0 Å². The summed E-state index contributed by atoms with van der Waals surface area (Å²) in [5.41, 5.74) is 5.89. The summed E-state index contributed by atoms with van der Waals surface area (Å²) in [4.78, 5) is 15.6. The number of anilines is 4. The molecule has 9 heteroatoms. The Labute approximate surface area is 180 Å². The predicted molar refractivity (Wildman–Crippen MR) is 120 cm³/mol. The lowest BCUT2D eigenvalue weighted by atomic mass is 10.2. The highest BCUT2D eigenvalue weighted by molar-refractivity contribution is 6.30. The van der Waals surface area contributed by atoms with E-state index in [-0.39, 0.29) is 0 Å². The van der Waals surface area contributed by atoms with Gasteiger partial charge in [-0.05, 0) is 36.8 Å². The standard InChI is InChI=1S/C21H22ClN7O/c1-15-2-8-18(9-3-15)24-19-25-20(27-21(26-19)29-10-12-30-13-11-29)28-23-14-16-4-6-17(22)7-5-16/h2-9,14H,10-13H2,1H3,(H2,24,25,26,27,28)/b23-14+. The summed E-state index contributed by atoms with van der Waals surface area (Å²) in [7, 11) is 0. The third-order valence-electron chi connectivity index (χ3n) is 4.47. The van der Waals surface area contributed by atoms with Crippen molar-refractivity contribution in [1.29, 1.82) is 0 Å². The largest absolute Gasteiger partial charge is 0.378 e. The van der Waals surface area contributed by atoms with E-state index in [0.29, 0.717) is 36.1 Å². The maximum Gasteiger partial charge on any atom is 0.250 e. The van der Waals surface area contributed by atoms with Gasteiger partial charge in [-0.15, -0.1) is 0 Å². The monoisotopic (exact) mass is 423 g/mol. The number of morpholine rings is 1. The maximum absolute atomic E-state index is 5.92. The minimum atomic E-state index is 0.353. The first-order chi connectivity index (χ1) is 14.7. The number of hydrogen-bond donors (Lipinski definition) is 2. The Morgan fingerprint density at radius 3 is 2.40 bits per heavy atom. The van der Waals surface area contributed by atoms with Crippen LogP contribution in [0, 0.1) is 6.92 Å². The van der Waals surface area contributed by atoms with E-state index < -0.39 is 0 Å². The van der Waals surface area contributed by atoms with Gasteiger partial charge < -0.3 is 15.0 Å². The second-order valence-corrected chi connectivity index (χ2v) is 7.23. The molecule has 1 fully saturated rings. The highest BCUT2D eigenvalue weighted by Crippen LogP contribution is 2.19. The molecule has 1 saturated heterocycles. The number of nitrogens with zero attached hydrogens (tertiary/aromatic N) is 5. The van der Waals surface area contributed by atoms with Crippen molar-refractivity contribution in [2.45, 2.75) is 6.92 Å². The molecule has 0 spiro atoms. The molecule has 2 heterocycles. The first kappa shape index (κ1) is 20.1. The third kappa shape index (κ3) is 5.43. The smallest absolute Gasteiger partial charge is 0.250 e. The van der Waals surface area contributed by atoms with Crippen LogP contribution in [-0.2, 0) is 4.74 Å². The van der Waals surface area contributed by atoms with Gasteiger partial charge in [-0.25, -0.2) is 5.43 Å². The number of rotatable bonds is 6. The van der Waals surface area contributed by atoms with Gasteiger partial charge in [-0.2, -0.15) is 20.1 Å². The second-order valence-electron chi connectivity index (χ2n) is 6.79. The Kier molecular flexibility index (Phi) is 6.36. The molecule has 8 nitrogen and oxygen atoms in total. The highest BCUT2D eigenvalue weighted by atomic mass is 35.5. The molecule has 0 aliphatic carbocycles. The van der Waals surface area contributed by atoms with Gasteiger partial charge in [-0.3, -0.25) is 0 Å². The summed E-state index contributed by atoms with van der Waals surface area (Å²) < 4.78 is 5.43. The zero-order valence-corrected chi connectivity index (χ0v) is 17.3. The SMILES string of the molecule is Cc1ccc(Nc2nc(N/N=C/c3ccc(Cl)cc3)nc(N3CCOCC3)n2)cc1. The summed E-state index contributed by atoms with van der Waals surface area (Å²) in [5.74, 6) is 1.37. The minimum absolute atomic E-state index is 0.353. The molecule has 0 amide bonds. The van der Waals surface area contributed by atoms with Crippen molar-refractivity contribution < 1.29 is 4.74 Å². The van der Waals surface area contributed by atoms with E-state index in [1.165, 1.54) is 5.56 Å². The number of ether oxygens (including phenoxy) is 1. The average molecular weight is 424 g/mol. The molecule has 0 saturated carbocycles. The van der Waals surface area contributed by atoms with E-state index in [4.69, 9.17) is 16.3 Å². The number of nitrogens with one attached hydrogen (secondary N) is 2. The van der Waals surface area contributed by atoms with Crippen LogP contribution in [0.4, 0.5) is 23.5 Å². The Balaban J connectivity index is 1.55. The zero-order chi connectivity index (χ0) is 20.8. The predicted octanol–water partition coefficient (Wildman–Crippen LogP) is 3.86. The van der Waals surface area contributed by atoms with E-state index in [1.54, 1.807) is 6.21 Å². The van der Waals surface area contributed by atoms with Gasteiger partial charge in [0.2, 0.25) is 17.8 Å². The average Bonchev–Trinajstić information content (AvgIpc) is 2.77. The molecule has 2 aromatic carbocycles. The van der Waals surface area contributed by atoms with E-state index in [9.17, 15) is 0 Å². The van der Waals surface area contributed by atoms with Gasteiger partial charge in [0.05, 0.1) is 19.4 Å². The molecule has 3 aromatic rings. The van der Waals surface area contributed by atoms with Crippen LogP contribution < -0.4 is 15.6 Å². The van der Waals surface area contributed by atoms with Gasteiger partial charge in [0, 0.05) is 23.8 Å². The van der Waals surface area contributed by atoms with Crippen molar-refractivity contribution in [2.75, 3.05) is 41.9 Å². The number of aryl methyl sites for hydroxylation is 1. The summed E-state index contributed by atoms with van der Waals surface area (Å²) in [6, 6.07) is 15.4. The lowest BCUT2D eigenvalue weighted by Crippen LogP contribution is -2.37. The summed E-state index contributed by atoms with van der Waals surface area (Å²) >= 11 is 5.92. The molecule has 1 aliphatic heterocycles. The summed E-state index contributed by atoms with van der Waals surface area (Å²) in [6.45, 7) is 4.78. The van der Waals surface area contributed by atoms with Crippen molar-refractivity contribution >= 4 is 41.3 Å². The van der Waals surface area contributed by atoms with Crippen LogP contribution in [0.5, 0.6) is 0 Å². The fraction of sp³-hybridized carbons (Fsp3) is 0.238. The number of benzene rings is 2. The molecule has 0 radical (unpaired) electrons. The fourth-order valence-corrected chi connectivity index (χ4v) is 2.98. The topological polar surface area (TPSA) is 87.6 Å². The molecule has 154 valence electrons. The van der Waals surface area contributed by atoms with Crippen LogP contribution in [-0.4, -0.2) is 47.5 Å². The van der Waals surface area contributed by atoms with E-state index in [1.807, 2.05) is 55.5 Å². The molecule has 1 aromatic heterocycles. The Bertz CT molecular complexity index is 1000. The molecule has 2 N–H and O–H groups in total. The normalized spacial score (nSPS) is 14.1. The van der Waals surface area contributed by atoms with Crippen LogP contribution >= 0.6 is 11.6 Å². The summed E-state index contributed by atoms with van der Waals surface area (Å²) in [6.07, 6.45) is 1.68. The summed E-state index contributed by atoms with van der Waals surface area (Å²) in [5, 5.41) is 8.16. The number of hydrogen-bond acceptors (Lipinski definition) is 8. The van der Waals surface area contributed by atoms with Crippen LogP contribution in [0.1, 0.15) is 11.1 Å². The van der Waals surface area contributed by atoms with Crippen LogP contribution in [0.25, 0.3) is 0 Å². The quantitative estimate of drug-likeness (QED) is 0.459. The zero-order valence-electron chi connectivity index (χ0n) is 16.5. The third-order valence-corrected chi connectivity index (χ3v) is 4.73. The molecular formula is C21H22ClN7O. The van der Waals surface area contributed by atoms with Crippen molar-refractivity contribution in [3.63, 3.8) is 0 Å². The van der Waals surface area contributed by atoms with Crippen LogP contribution in [0.3, 0.4) is 0 Å². The van der Waals surface area contributed by atoms with Gasteiger partial charge in [-0.1, -0.05) is 41.4 Å². The number of hydrazone groups is 1. The van der Waals surface area contributed by atoms with Gasteiger partial charge in [0.1, 0.15) is 0 Å². The lowest BCUT2D eigenvalue weighted by molar-refractivity contribution is 0.122. The van der Waals surface area contributed by atoms with E-state index in [0.717, 1.165) is 24.3 Å². The molecule has 4 rings (SSSR count). The van der Waals surface area contributed by atoms with Gasteiger partial charge in [0.15, 0.2) is 0 Å². The fourth-order valence-electron chi connectivity index (χ4n) is 2.85. The second kappa shape index (κ2) is 9.51. The molecule has 0 unspecified atom stereocenters. The van der Waals surface area contributed by atoms with Crippen molar-refractivity contribution in [1.82, 2.24) is 15.0 Å². The van der Waals surface area contributed by atoms with Gasteiger partial charge >= 0.3 is 0 Å². The number of halogens is 1. The maximum atomic E-state index is 5.92. The molecule has 30 heavy (non-hydrogen) atoms. The molecule has 0 atom stereocenters. The molecular weight excluding hydrogens is 402 g/mol. The number of aromatic nitrogens is 3. The highest BCUT2D eigenvalue weighted by Gasteiger charge is 2.16. The Morgan fingerprint density at radius 1 is 0.967 bits per heavy atom. The molecule has 1 aliphatic rings. The van der Waals surface area contributed by atoms with Gasteiger partial charge in [0.25, 0.3) is 0 Å².